The van der Waals surface area contributed by atoms with E-state index in [1.165, 1.54) is 0 Å². The Morgan fingerprint density at radius 3 is 0.722 bits per heavy atom. The van der Waals surface area contributed by atoms with Crippen molar-refractivity contribution in [2.45, 2.75) is 0 Å². The van der Waals surface area contributed by atoms with Gasteiger partial charge in [0.1, 0.15) is 0 Å². The molecule has 0 aromatic heterocycles. The maximum absolute atomic E-state index is 9.24. The summed E-state index contributed by atoms with van der Waals surface area (Å²) >= 11 is 0. The molecule has 0 saturated carbocycles. The zero-order valence-electron chi connectivity index (χ0n) is 9.25. The van der Waals surface area contributed by atoms with Gasteiger partial charge >= 0.3 is 17.9 Å². The van der Waals surface area contributed by atoms with Gasteiger partial charge in [0.05, 0.1) is 19.6 Å². The number of hydrogen-bond acceptors (Lipinski definition) is 6. The first kappa shape index (κ1) is 36.0. The van der Waals surface area contributed by atoms with Crippen LogP contribution in [-0.2, 0) is 31.2 Å². The second kappa shape index (κ2) is 29.6. The Labute approximate surface area is 113 Å². The average Bonchev–Trinajstić information content (AvgIpc) is 2.19. The minimum Gasteiger partial charge on any atom is -0.480 e. The van der Waals surface area contributed by atoms with E-state index in [1.54, 1.807) is 0 Å². The Hall–Kier alpha value is -1.28. The van der Waals surface area contributed by atoms with Crippen LogP contribution in [0.15, 0.2) is 0 Å². The molecule has 0 aliphatic heterocycles. The van der Waals surface area contributed by atoms with Crippen LogP contribution in [0, 0.1) is 0 Å². The van der Waals surface area contributed by atoms with E-state index in [4.69, 9.17) is 15.3 Å². The summed E-state index contributed by atoms with van der Waals surface area (Å²) in [5.74, 6) is -2.90. The molecular formula is C6H19CoN3O8. The number of nitrogens with two attached hydrogens (primary N) is 3. The summed E-state index contributed by atoms with van der Waals surface area (Å²) in [4.78, 5) is 27.7. The van der Waals surface area contributed by atoms with Crippen LogP contribution in [0.2, 0.25) is 0 Å². The maximum atomic E-state index is 9.24. The topological polar surface area (TPSA) is 253 Å². The summed E-state index contributed by atoms with van der Waals surface area (Å²) in [5, 5.41) is 22.8. The van der Waals surface area contributed by atoms with E-state index in [1.807, 2.05) is 0 Å². The van der Waals surface area contributed by atoms with Crippen LogP contribution in [-0.4, -0.2) is 63.8 Å². The Bertz CT molecular complexity index is 170. The van der Waals surface area contributed by atoms with Crippen molar-refractivity contribution < 1.29 is 57.4 Å². The molecule has 13 N–H and O–H groups in total. The average molecular weight is 320 g/mol. The fraction of sp³-hybridized carbons (Fsp3) is 0.500. The van der Waals surface area contributed by atoms with Crippen LogP contribution >= 0.6 is 0 Å². The van der Waals surface area contributed by atoms with E-state index >= 15 is 0 Å². The first-order chi connectivity index (χ1) is 6.81. The van der Waals surface area contributed by atoms with Crippen molar-refractivity contribution in [3.63, 3.8) is 0 Å². The van der Waals surface area contributed by atoms with Crippen molar-refractivity contribution in [1.82, 2.24) is 0 Å². The molecule has 12 heteroatoms. The largest absolute Gasteiger partial charge is 0.480 e. The van der Waals surface area contributed by atoms with Gasteiger partial charge in [0.25, 0.3) is 0 Å². The third-order valence-electron chi connectivity index (χ3n) is 0.524. The van der Waals surface area contributed by atoms with Gasteiger partial charge in [-0.25, -0.2) is 0 Å². The van der Waals surface area contributed by atoms with Crippen molar-refractivity contribution in [3.8, 4) is 0 Å². The zero-order valence-corrected chi connectivity index (χ0v) is 10.3. The third kappa shape index (κ3) is 124. The van der Waals surface area contributed by atoms with Crippen molar-refractivity contribution in [3.05, 3.63) is 0 Å². The molecule has 0 rings (SSSR count). The van der Waals surface area contributed by atoms with Gasteiger partial charge in [0, 0.05) is 16.8 Å². The van der Waals surface area contributed by atoms with Gasteiger partial charge in [-0.2, -0.15) is 0 Å². The SMILES string of the molecule is NCC(=O)O.NCC(=O)O.NCC(=O)O.O.O.[Co]. The van der Waals surface area contributed by atoms with Gasteiger partial charge in [-0.05, 0) is 0 Å². The van der Waals surface area contributed by atoms with E-state index in [0.717, 1.165) is 0 Å². The molecule has 0 saturated heterocycles. The van der Waals surface area contributed by atoms with Crippen molar-refractivity contribution >= 4 is 17.9 Å². The number of rotatable bonds is 3. The molecule has 11 nitrogen and oxygen atoms in total. The molecule has 0 unspecified atom stereocenters. The molecule has 0 aliphatic rings. The van der Waals surface area contributed by atoms with Gasteiger partial charge in [0.15, 0.2) is 0 Å². The van der Waals surface area contributed by atoms with Gasteiger partial charge in [-0.15, -0.1) is 0 Å². The van der Waals surface area contributed by atoms with E-state index < -0.39 is 17.9 Å². The Morgan fingerprint density at radius 2 is 0.722 bits per heavy atom. The van der Waals surface area contributed by atoms with Crippen LogP contribution in [0.5, 0.6) is 0 Å². The zero-order chi connectivity index (χ0) is 12.9. The molecule has 0 aliphatic carbocycles. The predicted octanol–water partition coefficient (Wildman–Crippen LogP) is -4.56. The fourth-order valence-corrected chi connectivity index (χ4v) is 0. The van der Waals surface area contributed by atoms with Crippen molar-refractivity contribution in [1.29, 1.82) is 0 Å². The smallest absolute Gasteiger partial charge is 0.317 e. The molecule has 0 heterocycles. The quantitative estimate of drug-likeness (QED) is 0.292. The number of aliphatic carboxylic acids is 3. The van der Waals surface area contributed by atoms with Crippen LogP contribution < -0.4 is 17.2 Å². The summed E-state index contributed by atoms with van der Waals surface area (Å²) in [6.07, 6.45) is 0. The maximum Gasteiger partial charge on any atom is 0.317 e. The monoisotopic (exact) mass is 320 g/mol. The van der Waals surface area contributed by atoms with E-state index in [-0.39, 0.29) is 47.4 Å². The van der Waals surface area contributed by atoms with Gasteiger partial charge in [0.2, 0.25) is 0 Å². The molecule has 0 fully saturated rings. The van der Waals surface area contributed by atoms with Crippen LogP contribution in [0.1, 0.15) is 0 Å². The summed E-state index contributed by atoms with van der Waals surface area (Å²) in [7, 11) is 0. The minimum absolute atomic E-state index is 0. The van der Waals surface area contributed by atoms with Crippen LogP contribution in [0.4, 0.5) is 0 Å². The predicted molar refractivity (Wildman–Crippen MR) is 57.3 cm³/mol. The minimum atomic E-state index is -0.968. The second-order valence-electron chi connectivity index (χ2n) is 1.79. The van der Waals surface area contributed by atoms with Crippen LogP contribution in [0.3, 0.4) is 0 Å². The molecule has 18 heavy (non-hydrogen) atoms. The normalized spacial score (nSPS) is 6.17. The third-order valence-corrected chi connectivity index (χ3v) is 0.524. The van der Waals surface area contributed by atoms with Gasteiger partial charge in [-0.3, -0.25) is 14.4 Å². The summed E-state index contributed by atoms with van der Waals surface area (Å²) in [5.41, 5.74) is 13.7. The molecule has 0 aromatic rings. The molecule has 0 spiro atoms. The second-order valence-corrected chi connectivity index (χ2v) is 1.79. The van der Waals surface area contributed by atoms with Gasteiger partial charge < -0.3 is 43.5 Å². The molecule has 0 bridgehead atoms. The number of hydrogen-bond donors (Lipinski definition) is 6. The van der Waals surface area contributed by atoms with Gasteiger partial charge in [-0.1, -0.05) is 0 Å². The fourth-order valence-electron chi connectivity index (χ4n) is 0. The van der Waals surface area contributed by atoms with E-state index in [0.29, 0.717) is 0 Å². The molecule has 115 valence electrons. The molecular weight excluding hydrogens is 301 g/mol. The van der Waals surface area contributed by atoms with E-state index in [9.17, 15) is 14.4 Å². The van der Waals surface area contributed by atoms with E-state index in [2.05, 4.69) is 17.2 Å². The summed E-state index contributed by atoms with van der Waals surface area (Å²) in [6, 6.07) is 0. The number of carboxylic acid groups (broad SMARTS) is 3. The molecule has 0 amide bonds. The van der Waals surface area contributed by atoms with Crippen LogP contribution in [0.25, 0.3) is 0 Å². The summed E-state index contributed by atoms with van der Waals surface area (Å²) < 4.78 is 0. The molecule has 1 radical (unpaired) electrons. The standard InChI is InChI=1S/3C2H5NO2.Co.2H2O/c3*3-1-2(4)5;;;/h3*1,3H2,(H,4,5);;2*1H2. The number of carbonyl (C=O) groups is 3. The van der Waals surface area contributed by atoms with Crippen molar-refractivity contribution in [2.75, 3.05) is 19.6 Å². The Balaban J connectivity index is -0.0000000277. The Morgan fingerprint density at radius 1 is 0.667 bits per heavy atom. The summed E-state index contributed by atoms with van der Waals surface area (Å²) in [6.45, 7) is -0.833. The molecule has 0 atom stereocenters. The first-order valence-corrected chi connectivity index (χ1v) is 3.57. The first-order valence-electron chi connectivity index (χ1n) is 3.57. The number of carboxylic acids is 3. The Kier molecular flexibility index (Phi) is 59.2. The van der Waals surface area contributed by atoms with Crippen molar-refractivity contribution in [2.24, 2.45) is 17.2 Å². The molecule has 0 aromatic carbocycles.